The Kier molecular flexibility index (Phi) is 7.71. The minimum atomic E-state index is -0.982. The molecule has 1 unspecified atom stereocenters. The molecule has 0 bridgehead atoms. The minimum Gasteiger partial charge on any atom is -0.490 e. The second-order valence-electron chi connectivity index (χ2n) is 10.6. The molecular formula is C30H34F4O2. The summed E-state index contributed by atoms with van der Waals surface area (Å²) in [6.07, 6.45) is 10.7. The van der Waals surface area contributed by atoms with E-state index in [1.54, 1.807) is 12.1 Å². The Morgan fingerprint density at radius 2 is 1.28 bits per heavy atom. The average molecular weight is 503 g/mol. The van der Waals surface area contributed by atoms with Gasteiger partial charge >= 0.3 is 0 Å². The van der Waals surface area contributed by atoms with Crippen LogP contribution in [0.4, 0.5) is 17.6 Å². The summed E-state index contributed by atoms with van der Waals surface area (Å²) >= 11 is 0. The summed E-state index contributed by atoms with van der Waals surface area (Å²) in [5.74, 6) is -2.61. The third-order valence-electron chi connectivity index (χ3n) is 8.34. The van der Waals surface area contributed by atoms with Crippen molar-refractivity contribution in [1.29, 1.82) is 0 Å². The Hall–Kier alpha value is -2.34. The van der Waals surface area contributed by atoms with Crippen molar-refractivity contribution < 1.29 is 27.0 Å². The standard InChI is InChI=1S/C30H34F4O2/c1-2-3-18-4-8-20(9-5-18)22-12-13-23(28(32)27(22)31)21-10-6-19(7-11-21)16-35-25-15-14-24(26-17-36-26)29(33)30(25)34/h2-3,12-15,18-21,26H,4-11,16-17H2,1H3/b3-2+. The van der Waals surface area contributed by atoms with Crippen molar-refractivity contribution >= 4 is 0 Å². The molecule has 1 heterocycles. The molecule has 1 aliphatic heterocycles. The Morgan fingerprint density at radius 3 is 1.83 bits per heavy atom. The molecule has 0 N–H and O–H groups in total. The lowest BCUT2D eigenvalue weighted by atomic mass is 9.76. The van der Waals surface area contributed by atoms with Crippen molar-refractivity contribution in [1.82, 2.24) is 0 Å². The summed E-state index contributed by atoms with van der Waals surface area (Å²) in [7, 11) is 0. The summed E-state index contributed by atoms with van der Waals surface area (Å²) in [5.41, 5.74) is 1.21. The van der Waals surface area contributed by atoms with E-state index in [0.29, 0.717) is 36.5 Å². The van der Waals surface area contributed by atoms with Crippen LogP contribution >= 0.6 is 0 Å². The highest BCUT2D eigenvalue weighted by Crippen LogP contribution is 2.42. The highest BCUT2D eigenvalue weighted by Gasteiger charge is 2.32. The van der Waals surface area contributed by atoms with Gasteiger partial charge in [0, 0.05) is 5.56 Å². The maximum atomic E-state index is 15.1. The molecule has 0 radical (unpaired) electrons. The number of benzene rings is 2. The van der Waals surface area contributed by atoms with Gasteiger partial charge in [0.15, 0.2) is 23.2 Å². The van der Waals surface area contributed by atoms with E-state index in [0.717, 1.165) is 38.5 Å². The third-order valence-corrected chi connectivity index (χ3v) is 8.34. The molecule has 2 saturated carbocycles. The van der Waals surface area contributed by atoms with Gasteiger partial charge in [-0.05, 0) is 105 Å². The lowest BCUT2D eigenvalue weighted by molar-refractivity contribution is 0.191. The lowest BCUT2D eigenvalue weighted by Crippen LogP contribution is -2.21. The van der Waals surface area contributed by atoms with Crippen molar-refractivity contribution in [3.63, 3.8) is 0 Å². The van der Waals surface area contributed by atoms with Gasteiger partial charge in [-0.3, -0.25) is 0 Å². The van der Waals surface area contributed by atoms with Crippen molar-refractivity contribution in [3.05, 3.63) is 76.4 Å². The number of epoxide rings is 1. The van der Waals surface area contributed by atoms with Crippen LogP contribution in [0.15, 0.2) is 36.4 Å². The van der Waals surface area contributed by atoms with E-state index < -0.39 is 23.3 Å². The molecule has 2 nitrogen and oxygen atoms in total. The fourth-order valence-corrected chi connectivity index (χ4v) is 6.09. The number of hydrogen-bond donors (Lipinski definition) is 0. The van der Waals surface area contributed by atoms with Gasteiger partial charge in [0.25, 0.3) is 0 Å². The highest BCUT2D eigenvalue weighted by atomic mass is 19.2. The summed E-state index contributed by atoms with van der Waals surface area (Å²) < 4.78 is 69.5. The number of allylic oxidation sites excluding steroid dienone is 2. The quantitative estimate of drug-likeness (QED) is 0.215. The third kappa shape index (κ3) is 5.34. The molecule has 2 aromatic rings. The van der Waals surface area contributed by atoms with Gasteiger partial charge < -0.3 is 9.47 Å². The zero-order valence-electron chi connectivity index (χ0n) is 20.8. The highest BCUT2D eigenvalue weighted by molar-refractivity contribution is 5.34. The number of halogens is 4. The predicted octanol–water partition coefficient (Wildman–Crippen LogP) is 8.52. The van der Waals surface area contributed by atoms with Crippen LogP contribution in [0.3, 0.4) is 0 Å². The molecule has 0 spiro atoms. The number of ether oxygens (including phenoxy) is 2. The van der Waals surface area contributed by atoms with Crippen LogP contribution in [0.1, 0.15) is 92.9 Å². The summed E-state index contributed by atoms with van der Waals surface area (Å²) in [6.45, 7) is 2.70. The van der Waals surface area contributed by atoms with Gasteiger partial charge in [-0.15, -0.1) is 0 Å². The van der Waals surface area contributed by atoms with Crippen molar-refractivity contribution in [2.45, 2.75) is 76.2 Å². The topological polar surface area (TPSA) is 21.8 Å². The smallest absolute Gasteiger partial charge is 0.200 e. The summed E-state index contributed by atoms with van der Waals surface area (Å²) in [6, 6.07) is 6.55. The van der Waals surface area contributed by atoms with Gasteiger partial charge in [0.2, 0.25) is 5.82 Å². The van der Waals surface area contributed by atoms with Gasteiger partial charge in [0.1, 0.15) is 6.10 Å². The average Bonchev–Trinajstić information content (AvgIpc) is 3.73. The summed E-state index contributed by atoms with van der Waals surface area (Å²) in [5, 5.41) is 0. The van der Waals surface area contributed by atoms with Crippen LogP contribution in [0, 0.1) is 35.1 Å². The molecule has 3 fully saturated rings. The fourth-order valence-electron chi connectivity index (χ4n) is 6.09. The van der Waals surface area contributed by atoms with Gasteiger partial charge in [0.05, 0.1) is 13.2 Å². The van der Waals surface area contributed by atoms with E-state index >= 15 is 8.78 Å². The molecule has 2 aromatic carbocycles. The van der Waals surface area contributed by atoms with E-state index in [1.807, 2.05) is 6.92 Å². The van der Waals surface area contributed by atoms with Crippen LogP contribution in [-0.2, 0) is 4.74 Å². The van der Waals surface area contributed by atoms with Crippen molar-refractivity contribution in [2.75, 3.05) is 13.2 Å². The second-order valence-corrected chi connectivity index (χ2v) is 10.6. The molecule has 5 rings (SSSR count). The molecular weight excluding hydrogens is 468 g/mol. The maximum Gasteiger partial charge on any atom is 0.200 e. The van der Waals surface area contributed by atoms with E-state index in [2.05, 4.69) is 12.2 Å². The van der Waals surface area contributed by atoms with Crippen LogP contribution in [-0.4, -0.2) is 13.2 Å². The van der Waals surface area contributed by atoms with Gasteiger partial charge in [-0.1, -0.05) is 24.3 Å². The van der Waals surface area contributed by atoms with E-state index in [4.69, 9.17) is 9.47 Å². The Balaban J connectivity index is 1.16. The predicted molar refractivity (Wildman–Crippen MR) is 131 cm³/mol. The van der Waals surface area contributed by atoms with Gasteiger partial charge in [-0.2, -0.15) is 4.39 Å². The lowest BCUT2D eigenvalue weighted by Gasteiger charge is -2.30. The Morgan fingerprint density at radius 1 is 0.750 bits per heavy atom. The van der Waals surface area contributed by atoms with Crippen molar-refractivity contribution in [3.8, 4) is 5.75 Å². The molecule has 2 aliphatic carbocycles. The van der Waals surface area contributed by atoms with Gasteiger partial charge in [-0.25, -0.2) is 13.2 Å². The van der Waals surface area contributed by atoms with Crippen molar-refractivity contribution in [2.24, 2.45) is 11.8 Å². The Labute approximate surface area is 210 Å². The van der Waals surface area contributed by atoms with E-state index in [1.165, 1.54) is 12.1 Å². The minimum absolute atomic E-state index is 0.0396. The fraction of sp³-hybridized carbons (Fsp3) is 0.533. The molecule has 0 amide bonds. The largest absolute Gasteiger partial charge is 0.490 e. The SMILES string of the molecule is C/C=C/C1CCC(c2ccc(C3CCC(COc4ccc(C5CO5)c(F)c4F)CC3)c(F)c2F)CC1. The van der Waals surface area contributed by atoms with Crippen LogP contribution in [0.5, 0.6) is 5.75 Å². The normalized spacial score (nSPS) is 28.4. The first-order valence-corrected chi connectivity index (χ1v) is 13.3. The first kappa shape index (κ1) is 25.3. The first-order chi connectivity index (χ1) is 17.5. The molecule has 6 heteroatoms. The summed E-state index contributed by atoms with van der Waals surface area (Å²) in [4.78, 5) is 0. The first-order valence-electron chi connectivity index (χ1n) is 13.3. The molecule has 1 atom stereocenters. The maximum absolute atomic E-state index is 15.1. The zero-order chi connectivity index (χ0) is 25.2. The Bertz CT molecular complexity index is 1090. The van der Waals surface area contributed by atoms with Crippen LogP contribution in [0.25, 0.3) is 0 Å². The number of hydrogen-bond acceptors (Lipinski definition) is 2. The van der Waals surface area contributed by atoms with E-state index in [9.17, 15) is 8.78 Å². The molecule has 1 saturated heterocycles. The second kappa shape index (κ2) is 11.0. The zero-order valence-corrected chi connectivity index (χ0v) is 20.8. The molecule has 36 heavy (non-hydrogen) atoms. The molecule has 0 aromatic heterocycles. The molecule has 3 aliphatic rings. The van der Waals surface area contributed by atoms with Crippen LogP contribution in [0.2, 0.25) is 0 Å². The monoisotopic (exact) mass is 502 g/mol. The van der Waals surface area contributed by atoms with E-state index in [-0.39, 0.29) is 41.8 Å². The van der Waals surface area contributed by atoms with Crippen LogP contribution < -0.4 is 4.74 Å². The molecule has 194 valence electrons. The number of rotatable bonds is 7.